The van der Waals surface area contributed by atoms with Crippen LogP contribution in [0.3, 0.4) is 0 Å². The minimum Gasteiger partial charge on any atom is -0.457 e. The van der Waals surface area contributed by atoms with Crippen LogP contribution in [0.4, 0.5) is 4.39 Å². The van der Waals surface area contributed by atoms with E-state index in [-0.39, 0.29) is 11.9 Å². The van der Waals surface area contributed by atoms with Crippen molar-refractivity contribution in [1.82, 2.24) is 5.43 Å². The number of rotatable bonds is 4. The molecule has 2 rings (SSSR count). The first-order valence-corrected chi connectivity index (χ1v) is 6.82. The zero-order chi connectivity index (χ0) is 13.1. The zero-order valence-corrected chi connectivity index (χ0v) is 12.5. The Balaban J connectivity index is 2.23. The Labute approximate surface area is 121 Å². The summed E-state index contributed by atoms with van der Waals surface area (Å²) in [5.41, 5.74) is 4.45. The summed E-state index contributed by atoms with van der Waals surface area (Å²) >= 11 is 6.57. The van der Waals surface area contributed by atoms with E-state index in [1.807, 2.05) is 12.1 Å². The lowest BCUT2D eigenvalue weighted by Gasteiger charge is -2.15. The molecule has 6 heteroatoms. The number of hydrogen-bond acceptors (Lipinski definition) is 3. The topological polar surface area (TPSA) is 51.2 Å². The van der Waals surface area contributed by atoms with Crippen molar-refractivity contribution in [2.75, 3.05) is 0 Å². The SMILES string of the molecule is NNC(Cc1cc(F)cc(Br)c1)c1ccoc1Br. The molecule has 0 aliphatic heterocycles. The lowest BCUT2D eigenvalue weighted by atomic mass is 10.0. The Bertz CT molecular complexity index is 524. The summed E-state index contributed by atoms with van der Waals surface area (Å²) in [4.78, 5) is 0. The molecule has 1 unspecified atom stereocenters. The molecule has 3 nitrogen and oxygen atoms in total. The highest BCUT2D eigenvalue weighted by molar-refractivity contribution is 9.10. The van der Waals surface area contributed by atoms with Gasteiger partial charge in [0.15, 0.2) is 4.67 Å². The van der Waals surface area contributed by atoms with Gasteiger partial charge >= 0.3 is 0 Å². The van der Waals surface area contributed by atoms with Crippen molar-refractivity contribution in [2.24, 2.45) is 5.84 Å². The molecule has 0 saturated carbocycles. The van der Waals surface area contributed by atoms with E-state index in [4.69, 9.17) is 10.3 Å². The summed E-state index contributed by atoms with van der Waals surface area (Å²) in [6, 6.07) is 6.45. The summed E-state index contributed by atoms with van der Waals surface area (Å²) < 4.78 is 19.8. The quantitative estimate of drug-likeness (QED) is 0.631. The highest BCUT2D eigenvalue weighted by Crippen LogP contribution is 2.27. The molecule has 0 radical (unpaired) electrons. The smallest absolute Gasteiger partial charge is 0.173 e. The van der Waals surface area contributed by atoms with E-state index >= 15 is 0 Å². The van der Waals surface area contributed by atoms with Gasteiger partial charge in [-0.3, -0.25) is 11.3 Å². The van der Waals surface area contributed by atoms with Crippen LogP contribution in [0, 0.1) is 5.82 Å². The molecule has 0 spiro atoms. The predicted octanol–water partition coefficient (Wildman–Crippen LogP) is 3.69. The van der Waals surface area contributed by atoms with Crippen molar-refractivity contribution in [3.8, 4) is 0 Å². The normalized spacial score (nSPS) is 12.7. The van der Waals surface area contributed by atoms with Gasteiger partial charge in [0.1, 0.15) is 5.82 Å². The molecule has 1 atom stereocenters. The maximum absolute atomic E-state index is 13.3. The molecule has 0 fully saturated rings. The highest BCUT2D eigenvalue weighted by Gasteiger charge is 2.16. The van der Waals surface area contributed by atoms with Crippen LogP contribution in [-0.4, -0.2) is 0 Å². The van der Waals surface area contributed by atoms with E-state index < -0.39 is 0 Å². The van der Waals surface area contributed by atoms with Gasteiger partial charge < -0.3 is 4.42 Å². The maximum Gasteiger partial charge on any atom is 0.173 e. The second kappa shape index (κ2) is 5.97. The first kappa shape index (κ1) is 13.7. The van der Waals surface area contributed by atoms with Crippen LogP contribution in [0.1, 0.15) is 17.2 Å². The Morgan fingerprint density at radius 2 is 2.11 bits per heavy atom. The zero-order valence-electron chi connectivity index (χ0n) is 9.29. The minimum absolute atomic E-state index is 0.146. The molecule has 96 valence electrons. The fraction of sp³-hybridized carbons (Fsp3) is 0.167. The summed E-state index contributed by atoms with van der Waals surface area (Å²) in [6.07, 6.45) is 2.14. The van der Waals surface area contributed by atoms with E-state index in [1.165, 1.54) is 12.1 Å². The molecule has 1 heterocycles. The Hall–Kier alpha value is -0.690. The molecule has 0 amide bonds. The van der Waals surface area contributed by atoms with Crippen molar-refractivity contribution in [3.05, 3.63) is 56.6 Å². The van der Waals surface area contributed by atoms with Crippen LogP contribution in [0.25, 0.3) is 0 Å². The monoisotopic (exact) mass is 376 g/mol. The molecule has 0 aliphatic rings. The standard InChI is InChI=1S/C12H11Br2FN2O/c13-8-3-7(4-9(15)6-8)5-11(17-16)10-1-2-18-12(10)14/h1-4,6,11,17H,5,16H2. The molecule has 3 N–H and O–H groups in total. The molecular formula is C12H11Br2FN2O. The third-order valence-corrected chi connectivity index (χ3v) is 3.69. The molecule has 2 aromatic rings. The average molecular weight is 378 g/mol. The second-order valence-electron chi connectivity index (χ2n) is 3.85. The van der Waals surface area contributed by atoms with Gasteiger partial charge in [-0.05, 0) is 52.2 Å². The van der Waals surface area contributed by atoms with Crippen LogP contribution >= 0.6 is 31.9 Å². The van der Waals surface area contributed by atoms with Crippen molar-refractivity contribution < 1.29 is 8.81 Å². The van der Waals surface area contributed by atoms with E-state index in [0.29, 0.717) is 15.6 Å². The molecule has 1 aromatic heterocycles. The van der Waals surface area contributed by atoms with Gasteiger partial charge in [-0.1, -0.05) is 15.9 Å². The maximum atomic E-state index is 13.3. The molecule has 1 aromatic carbocycles. The lowest BCUT2D eigenvalue weighted by Crippen LogP contribution is -2.29. The van der Waals surface area contributed by atoms with Crippen molar-refractivity contribution in [3.63, 3.8) is 0 Å². The lowest BCUT2D eigenvalue weighted by molar-refractivity contribution is 0.506. The average Bonchev–Trinajstić information content (AvgIpc) is 2.71. The first-order valence-electron chi connectivity index (χ1n) is 5.24. The number of benzene rings is 1. The van der Waals surface area contributed by atoms with Gasteiger partial charge in [0.05, 0.1) is 12.3 Å². The van der Waals surface area contributed by atoms with Crippen molar-refractivity contribution in [2.45, 2.75) is 12.5 Å². The fourth-order valence-corrected chi connectivity index (χ4v) is 2.81. The largest absolute Gasteiger partial charge is 0.457 e. The van der Waals surface area contributed by atoms with Gasteiger partial charge in [0.25, 0.3) is 0 Å². The fourth-order valence-electron chi connectivity index (χ4n) is 1.78. The third-order valence-electron chi connectivity index (χ3n) is 2.58. The van der Waals surface area contributed by atoms with Crippen molar-refractivity contribution in [1.29, 1.82) is 0 Å². The number of hydrogen-bond donors (Lipinski definition) is 2. The number of nitrogens with one attached hydrogen (secondary N) is 1. The molecule has 18 heavy (non-hydrogen) atoms. The van der Waals surface area contributed by atoms with Gasteiger partial charge in [-0.25, -0.2) is 4.39 Å². The number of halogens is 3. The summed E-state index contributed by atoms with van der Waals surface area (Å²) in [5.74, 6) is 5.26. The molecule has 0 aliphatic carbocycles. The van der Waals surface area contributed by atoms with Gasteiger partial charge in [0.2, 0.25) is 0 Å². The van der Waals surface area contributed by atoms with Crippen LogP contribution in [0.5, 0.6) is 0 Å². The Morgan fingerprint density at radius 1 is 1.33 bits per heavy atom. The summed E-state index contributed by atoms with van der Waals surface area (Å²) in [5, 5.41) is 0. The van der Waals surface area contributed by atoms with Crippen LogP contribution in [-0.2, 0) is 6.42 Å². The molecule has 0 saturated heterocycles. The second-order valence-corrected chi connectivity index (χ2v) is 5.49. The van der Waals surface area contributed by atoms with E-state index in [9.17, 15) is 4.39 Å². The van der Waals surface area contributed by atoms with Gasteiger partial charge in [-0.2, -0.15) is 0 Å². The van der Waals surface area contributed by atoms with E-state index in [2.05, 4.69) is 37.3 Å². The van der Waals surface area contributed by atoms with Crippen molar-refractivity contribution >= 4 is 31.9 Å². The predicted molar refractivity (Wildman–Crippen MR) is 74.3 cm³/mol. The molecule has 0 bridgehead atoms. The number of hydrazine groups is 1. The Morgan fingerprint density at radius 3 is 2.67 bits per heavy atom. The molecular weight excluding hydrogens is 367 g/mol. The third kappa shape index (κ3) is 3.20. The van der Waals surface area contributed by atoms with Crippen LogP contribution in [0.2, 0.25) is 0 Å². The summed E-state index contributed by atoms with van der Waals surface area (Å²) in [7, 11) is 0. The van der Waals surface area contributed by atoms with E-state index in [0.717, 1.165) is 11.1 Å². The van der Waals surface area contributed by atoms with Crippen LogP contribution < -0.4 is 11.3 Å². The summed E-state index contributed by atoms with van der Waals surface area (Å²) in [6.45, 7) is 0. The highest BCUT2D eigenvalue weighted by atomic mass is 79.9. The van der Waals surface area contributed by atoms with Gasteiger partial charge in [0, 0.05) is 10.0 Å². The minimum atomic E-state index is -0.276. The number of nitrogens with two attached hydrogens (primary N) is 1. The Kier molecular flexibility index (Phi) is 4.55. The first-order chi connectivity index (χ1) is 8.60. The number of furan rings is 1. The van der Waals surface area contributed by atoms with Crippen LogP contribution in [0.15, 0.2) is 44.1 Å². The van der Waals surface area contributed by atoms with E-state index in [1.54, 1.807) is 6.26 Å². The van der Waals surface area contributed by atoms with Gasteiger partial charge in [-0.15, -0.1) is 0 Å².